The van der Waals surface area contributed by atoms with Crippen molar-refractivity contribution in [3.63, 3.8) is 0 Å². The summed E-state index contributed by atoms with van der Waals surface area (Å²) in [7, 11) is 1.09. The number of carbonyl (C=O) groups excluding carboxylic acids is 1. The number of hydrogen-bond donors (Lipinski definition) is 3. The minimum absolute atomic E-state index is 0.0516. The lowest BCUT2D eigenvalue weighted by Gasteiger charge is -2.31. The number of amides is 1. The minimum atomic E-state index is -4.68. The molecule has 0 radical (unpaired) electrons. The van der Waals surface area contributed by atoms with Gasteiger partial charge in [0.1, 0.15) is 19.3 Å². The van der Waals surface area contributed by atoms with Gasteiger partial charge in [0.2, 0.25) is 5.91 Å². The van der Waals surface area contributed by atoms with Gasteiger partial charge in [0, 0.05) is 6.42 Å². The summed E-state index contributed by atoms with van der Waals surface area (Å²) in [6.45, 7) is 4.28. The quantitative estimate of drug-likeness (QED) is 0.0240. The highest BCUT2D eigenvalue weighted by Crippen LogP contribution is 2.38. The van der Waals surface area contributed by atoms with Crippen LogP contribution in [0.15, 0.2) is 97.2 Å². The van der Waals surface area contributed by atoms with Crippen molar-refractivity contribution in [2.75, 3.05) is 40.9 Å². The normalized spacial score (nSPS) is 15.4. The van der Waals surface area contributed by atoms with Crippen LogP contribution in [0.5, 0.6) is 0 Å². The van der Waals surface area contributed by atoms with Gasteiger partial charge in [-0.25, -0.2) is 0 Å². The van der Waals surface area contributed by atoms with Crippen molar-refractivity contribution in [2.24, 2.45) is 0 Å². The second-order valence-electron chi connectivity index (χ2n) is 18.3. The first-order valence-electron chi connectivity index (χ1n) is 25.7. The molecule has 0 bridgehead atoms. The SMILES string of the molecule is CC/C=C\C/C=C\C/C=C\C/C=C\C/C=C\C/C=C\C/C=C\C/C=C\CCCCCCC(=O)NC(COP(=O)([O-])OCC[N+](C)(C)C)C(O)C(O)CCCCCCCCCCCCCC. The van der Waals surface area contributed by atoms with Crippen molar-refractivity contribution in [1.82, 2.24) is 5.32 Å². The van der Waals surface area contributed by atoms with E-state index < -0.39 is 32.7 Å². The summed E-state index contributed by atoms with van der Waals surface area (Å²) in [4.78, 5) is 25.5. The molecule has 0 spiro atoms. The predicted molar refractivity (Wildman–Crippen MR) is 275 cm³/mol. The Kier molecular flexibility index (Phi) is 43.4. The largest absolute Gasteiger partial charge is 0.756 e. The molecule has 0 aromatic heterocycles. The molecule has 65 heavy (non-hydrogen) atoms. The van der Waals surface area contributed by atoms with Gasteiger partial charge in [-0.15, -0.1) is 0 Å². The Morgan fingerprint density at radius 1 is 0.569 bits per heavy atom. The number of nitrogens with zero attached hydrogens (tertiary/aromatic N) is 1. The van der Waals surface area contributed by atoms with Crippen LogP contribution in [-0.2, 0) is 18.4 Å². The number of phosphoric ester groups is 1. The van der Waals surface area contributed by atoms with Crippen molar-refractivity contribution in [3.8, 4) is 0 Å². The fraction of sp³-hybridized carbons (Fsp3) is 0.691. The summed E-state index contributed by atoms with van der Waals surface area (Å²) < 4.78 is 23.2. The number of unbranched alkanes of at least 4 members (excludes halogenated alkanes) is 15. The zero-order valence-electron chi connectivity index (χ0n) is 42.0. The Morgan fingerprint density at radius 3 is 1.42 bits per heavy atom. The van der Waals surface area contributed by atoms with Gasteiger partial charge in [0.15, 0.2) is 0 Å². The Balaban J connectivity index is 4.40. The average molecular weight is 929 g/mol. The second-order valence-corrected chi connectivity index (χ2v) is 19.7. The van der Waals surface area contributed by atoms with Crippen LogP contribution in [0.1, 0.15) is 187 Å². The van der Waals surface area contributed by atoms with Crippen LogP contribution < -0.4 is 10.2 Å². The highest BCUT2D eigenvalue weighted by molar-refractivity contribution is 7.45. The van der Waals surface area contributed by atoms with Crippen molar-refractivity contribution in [2.45, 2.75) is 205 Å². The smallest absolute Gasteiger partial charge is 0.268 e. The van der Waals surface area contributed by atoms with Crippen LogP contribution in [0.4, 0.5) is 0 Å². The molecule has 9 nitrogen and oxygen atoms in total. The number of aliphatic hydroxyl groups excluding tert-OH is 2. The fourth-order valence-electron chi connectivity index (χ4n) is 6.86. The van der Waals surface area contributed by atoms with Gasteiger partial charge in [0.25, 0.3) is 7.82 Å². The molecular formula is C55H97N2O7P. The van der Waals surface area contributed by atoms with Gasteiger partial charge in [-0.2, -0.15) is 0 Å². The molecule has 0 aliphatic rings. The molecule has 0 aromatic rings. The Morgan fingerprint density at radius 2 is 0.969 bits per heavy atom. The van der Waals surface area contributed by atoms with E-state index in [-0.39, 0.29) is 18.9 Å². The first-order chi connectivity index (χ1) is 31.4. The molecule has 4 atom stereocenters. The number of quaternary nitrogens is 1. The first-order valence-corrected chi connectivity index (χ1v) is 27.1. The molecule has 0 aromatic carbocycles. The monoisotopic (exact) mass is 929 g/mol. The maximum absolute atomic E-state index is 12.9. The molecule has 0 fully saturated rings. The zero-order valence-corrected chi connectivity index (χ0v) is 42.9. The molecule has 0 aliphatic carbocycles. The van der Waals surface area contributed by atoms with Gasteiger partial charge in [-0.3, -0.25) is 9.36 Å². The van der Waals surface area contributed by atoms with Gasteiger partial charge in [-0.05, 0) is 77.0 Å². The number of phosphoric acid groups is 1. The predicted octanol–water partition coefficient (Wildman–Crippen LogP) is 13.4. The van der Waals surface area contributed by atoms with Crippen molar-refractivity contribution in [1.29, 1.82) is 0 Å². The average Bonchev–Trinajstić information content (AvgIpc) is 3.26. The summed E-state index contributed by atoms with van der Waals surface area (Å²) in [6, 6.07) is -1.09. The summed E-state index contributed by atoms with van der Waals surface area (Å²) in [5, 5.41) is 24.7. The Bertz CT molecular complexity index is 1390. The lowest BCUT2D eigenvalue weighted by Crippen LogP contribution is -2.51. The van der Waals surface area contributed by atoms with E-state index in [1.54, 1.807) is 0 Å². The highest BCUT2D eigenvalue weighted by atomic mass is 31.2. The number of carbonyl (C=O) groups is 1. The van der Waals surface area contributed by atoms with Crippen molar-refractivity contribution in [3.05, 3.63) is 97.2 Å². The van der Waals surface area contributed by atoms with Gasteiger partial charge in [-0.1, -0.05) is 201 Å². The fourth-order valence-corrected chi connectivity index (χ4v) is 7.58. The summed E-state index contributed by atoms with van der Waals surface area (Å²) in [5.74, 6) is -0.308. The number of hydrogen-bond acceptors (Lipinski definition) is 7. The van der Waals surface area contributed by atoms with Crippen LogP contribution in [0.2, 0.25) is 0 Å². The summed E-state index contributed by atoms with van der Waals surface area (Å²) >= 11 is 0. The number of rotatable bonds is 45. The van der Waals surface area contributed by atoms with E-state index in [4.69, 9.17) is 9.05 Å². The third kappa shape index (κ3) is 46.3. The molecule has 4 unspecified atom stereocenters. The molecule has 10 heteroatoms. The van der Waals surface area contributed by atoms with E-state index in [1.807, 2.05) is 21.1 Å². The minimum Gasteiger partial charge on any atom is -0.756 e. The van der Waals surface area contributed by atoms with Crippen LogP contribution in [0.3, 0.4) is 0 Å². The summed E-state index contributed by atoms with van der Waals surface area (Å²) in [5.41, 5.74) is 0. The van der Waals surface area contributed by atoms with Gasteiger partial charge < -0.3 is 34.0 Å². The molecule has 0 heterocycles. The molecule has 3 N–H and O–H groups in total. The van der Waals surface area contributed by atoms with Gasteiger partial charge >= 0.3 is 0 Å². The standard InChI is InChI=1S/C55H97N2O7P/c1-6-8-10-12-14-16-18-20-21-22-23-24-25-26-27-28-29-30-31-32-33-34-35-36-38-40-42-44-46-48-54(59)56-52(51-64-65(61,62)63-50-49-57(3,4)5)55(60)53(58)47-45-43-41-39-37-19-17-15-13-11-9-7-2/h8,10,14,16,20-21,23-24,26-27,29-30,32-33,35-36,52-53,55,58,60H,6-7,9,11-13,15,17-19,22,25,28,31,34,37-51H2,1-5H3,(H-,56,59,61,62)/b10-8-,16-14-,21-20-,24-23-,27-26-,30-29-,33-32-,36-35-. The van der Waals surface area contributed by atoms with Crippen LogP contribution in [-0.4, -0.2) is 79.8 Å². The molecule has 374 valence electrons. The lowest BCUT2D eigenvalue weighted by atomic mass is 9.99. The van der Waals surface area contributed by atoms with E-state index in [9.17, 15) is 24.5 Å². The van der Waals surface area contributed by atoms with Crippen molar-refractivity contribution < 1.29 is 38.0 Å². The van der Waals surface area contributed by atoms with Crippen LogP contribution >= 0.6 is 7.82 Å². The first kappa shape index (κ1) is 62.4. The molecule has 0 aliphatic heterocycles. The number of nitrogens with one attached hydrogen (secondary N) is 1. The third-order valence-electron chi connectivity index (χ3n) is 10.9. The third-order valence-corrected chi connectivity index (χ3v) is 11.9. The maximum Gasteiger partial charge on any atom is 0.268 e. The number of aliphatic hydroxyl groups is 2. The van der Waals surface area contributed by atoms with E-state index in [1.165, 1.54) is 51.4 Å². The molecular weight excluding hydrogens is 832 g/mol. The molecule has 0 saturated heterocycles. The zero-order chi connectivity index (χ0) is 48.0. The van der Waals surface area contributed by atoms with Crippen molar-refractivity contribution >= 4 is 13.7 Å². The molecule has 0 saturated carbocycles. The van der Waals surface area contributed by atoms with E-state index in [0.717, 1.165) is 103 Å². The topological polar surface area (TPSA) is 128 Å². The Hall–Kier alpha value is -2.62. The number of allylic oxidation sites excluding steroid dienone is 16. The molecule has 1 amide bonds. The lowest BCUT2D eigenvalue weighted by molar-refractivity contribution is -0.870. The number of likely N-dealkylation sites (N-methyl/N-ethyl adjacent to an activating group) is 1. The second kappa shape index (κ2) is 45.2. The molecule has 0 rings (SSSR count). The van der Waals surface area contributed by atoms with E-state index in [2.05, 4.69) is 116 Å². The van der Waals surface area contributed by atoms with Gasteiger partial charge in [0.05, 0.1) is 39.9 Å². The Labute approximate surface area is 399 Å². The highest BCUT2D eigenvalue weighted by Gasteiger charge is 2.29. The van der Waals surface area contributed by atoms with E-state index in [0.29, 0.717) is 23.9 Å². The van der Waals surface area contributed by atoms with Crippen LogP contribution in [0.25, 0.3) is 0 Å². The maximum atomic E-state index is 12.9. The summed E-state index contributed by atoms with van der Waals surface area (Å²) in [6.07, 6.45) is 60.2. The van der Waals surface area contributed by atoms with Crippen LogP contribution in [0, 0.1) is 0 Å². The van der Waals surface area contributed by atoms with E-state index >= 15 is 0 Å².